The summed E-state index contributed by atoms with van der Waals surface area (Å²) in [4.78, 5) is 32.7. The summed E-state index contributed by atoms with van der Waals surface area (Å²) in [5.41, 5.74) is 1.46. The molecule has 2 fully saturated rings. The van der Waals surface area contributed by atoms with Gasteiger partial charge in [0, 0.05) is 25.2 Å². The number of methoxy groups -OCH3 is 1. The van der Waals surface area contributed by atoms with Crippen LogP contribution >= 0.6 is 0 Å². The number of carbonyl (C=O) groups is 2. The van der Waals surface area contributed by atoms with E-state index in [1.807, 2.05) is 54.8 Å². The van der Waals surface area contributed by atoms with Gasteiger partial charge in [0.1, 0.15) is 11.4 Å². The summed E-state index contributed by atoms with van der Waals surface area (Å²) in [5, 5.41) is 0. The van der Waals surface area contributed by atoms with E-state index in [0.717, 1.165) is 37.0 Å². The highest BCUT2D eigenvalue weighted by atomic mass is 16.6. The summed E-state index contributed by atoms with van der Waals surface area (Å²) in [5.74, 6) is 0.530. The van der Waals surface area contributed by atoms with Crippen molar-refractivity contribution in [3.05, 3.63) is 65.7 Å². The van der Waals surface area contributed by atoms with Crippen molar-refractivity contribution in [2.24, 2.45) is 0 Å². The second kappa shape index (κ2) is 11.0. The third-order valence-corrected chi connectivity index (χ3v) is 8.23. The van der Waals surface area contributed by atoms with Crippen molar-refractivity contribution in [3.63, 3.8) is 0 Å². The quantitative estimate of drug-likeness (QED) is 0.433. The summed E-state index contributed by atoms with van der Waals surface area (Å²) in [7, 11) is 5.96. The molecule has 1 aliphatic heterocycles. The zero-order chi connectivity index (χ0) is 27.6. The Bertz CT molecular complexity index is 1100. The van der Waals surface area contributed by atoms with Gasteiger partial charge in [-0.3, -0.25) is 9.69 Å². The molecule has 1 saturated heterocycles. The second-order valence-electron chi connectivity index (χ2n) is 12.0. The minimum atomic E-state index is -0.546. The van der Waals surface area contributed by atoms with Crippen LogP contribution in [0.5, 0.6) is 5.75 Å². The lowest BCUT2D eigenvalue weighted by molar-refractivity contribution is -0.155. The Morgan fingerprint density at radius 1 is 0.974 bits per heavy atom. The zero-order valence-corrected chi connectivity index (χ0v) is 23.8. The van der Waals surface area contributed by atoms with Crippen LogP contribution in [0.3, 0.4) is 0 Å². The van der Waals surface area contributed by atoms with Crippen LogP contribution in [0.4, 0.5) is 4.79 Å². The number of nitrogens with zero attached hydrogens (tertiary/aromatic N) is 3. The normalized spacial score (nSPS) is 23.8. The summed E-state index contributed by atoms with van der Waals surface area (Å²) in [6, 6.07) is 18.6. The van der Waals surface area contributed by atoms with E-state index in [2.05, 4.69) is 49.3 Å². The molecule has 2 aromatic rings. The monoisotopic (exact) mass is 521 g/mol. The molecule has 0 aromatic heterocycles. The van der Waals surface area contributed by atoms with Crippen molar-refractivity contribution in [1.29, 1.82) is 0 Å². The van der Waals surface area contributed by atoms with E-state index in [9.17, 15) is 9.59 Å². The van der Waals surface area contributed by atoms with Crippen molar-refractivity contribution in [2.75, 3.05) is 34.3 Å². The first-order chi connectivity index (χ1) is 18.0. The Morgan fingerprint density at radius 2 is 1.61 bits per heavy atom. The molecule has 0 bridgehead atoms. The molecule has 2 aliphatic rings. The Morgan fingerprint density at radius 3 is 2.16 bits per heavy atom. The van der Waals surface area contributed by atoms with Crippen molar-refractivity contribution in [2.45, 2.75) is 76.1 Å². The maximum atomic E-state index is 13.8. The van der Waals surface area contributed by atoms with E-state index in [1.54, 1.807) is 7.11 Å². The van der Waals surface area contributed by atoms with Gasteiger partial charge in [-0.25, -0.2) is 4.79 Å². The first-order valence-electron chi connectivity index (χ1n) is 13.6. The number of hydrogen-bond acceptors (Lipinski definition) is 5. The van der Waals surface area contributed by atoms with Crippen molar-refractivity contribution in [1.82, 2.24) is 14.7 Å². The average Bonchev–Trinajstić information content (AvgIpc) is 3.13. The molecule has 206 valence electrons. The molecule has 0 N–H and O–H groups in total. The molecule has 4 rings (SSSR count). The zero-order valence-electron chi connectivity index (χ0n) is 23.8. The molecule has 38 heavy (non-hydrogen) atoms. The Hall–Kier alpha value is -3.06. The standard InChI is InChI=1S/C31H43N3O4/c1-29(2,3)38-27(35)16-21-34-28(36)33(22-24-12-14-26(37-6)15-13-24)23-30(34)17-19-31(20-18-30,32(4)5)25-10-8-7-9-11-25/h7-15H,16-23H2,1-6H3. The number of rotatable bonds is 8. The number of carbonyl (C=O) groups excluding carboxylic acids is 2. The van der Waals surface area contributed by atoms with Gasteiger partial charge < -0.3 is 19.3 Å². The molecule has 1 saturated carbocycles. The molecule has 0 radical (unpaired) electrons. The highest BCUT2D eigenvalue weighted by Gasteiger charge is 2.54. The number of amides is 2. The summed E-state index contributed by atoms with van der Waals surface area (Å²) < 4.78 is 10.9. The van der Waals surface area contributed by atoms with Gasteiger partial charge in [0.15, 0.2) is 0 Å². The fourth-order valence-corrected chi connectivity index (χ4v) is 6.18. The third-order valence-electron chi connectivity index (χ3n) is 8.23. The van der Waals surface area contributed by atoms with Crippen LogP contribution in [0.15, 0.2) is 54.6 Å². The largest absolute Gasteiger partial charge is 0.497 e. The summed E-state index contributed by atoms with van der Waals surface area (Å²) in [6.45, 7) is 7.17. The van der Waals surface area contributed by atoms with Crippen molar-refractivity contribution in [3.8, 4) is 5.75 Å². The maximum absolute atomic E-state index is 13.8. The van der Waals surface area contributed by atoms with E-state index in [0.29, 0.717) is 19.6 Å². The van der Waals surface area contributed by atoms with Gasteiger partial charge in [-0.1, -0.05) is 42.5 Å². The number of benzene rings is 2. The number of urea groups is 1. The van der Waals surface area contributed by atoms with Gasteiger partial charge in [-0.2, -0.15) is 0 Å². The van der Waals surface area contributed by atoms with Crippen LogP contribution < -0.4 is 4.74 Å². The lowest BCUT2D eigenvalue weighted by Crippen LogP contribution is -2.55. The Labute approximate surface area is 227 Å². The van der Waals surface area contributed by atoms with Crippen LogP contribution in [-0.2, 0) is 21.6 Å². The molecule has 1 spiro atoms. The van der Waals surface area contributed by atoms with Gasteiger partial charge in [0.05, 0.1) is 19.1 Å². The SMILES string of the molecule is COc1ccc(CN2CC3(CCC(c4ccccc4)(N(C)C)CC3)N(CCC(=O)OC(C)(C)C)C2=O)cc1. The predicted octanol–water partition coefficient (Wildman–Crippen LogP) is 5.43. The first-order valence-corrected chi connectivity index (χ1v) is 13.6. The molecular weight excluding hydrogens is 478 g/mol. The Balaban J connectivity index is 1.57. The predicted molar refractivity (Wildman–Crippen MR) is 149 cm³/mol. The molecule has 7 heteroatoms. The topological polar surface area (TPSA) is 62.3 Å². The van der Waals surface area contributed by atoms with Gasteiger partial charge in [-0.05, 0) is 83.8 Å². The van der Waals surface area contributed by atoms with Gasteiger partial charge >= 0.3 is 12.0 Å². The maximum Gasteiger partial charge on any atom is 0.320 e. The van der Waals surface area contributed by atoms with Crippen LogP contribution in [0.25, 0.3) is 0 Å². The van der Waals surface area contributed by atoms with Crippen LogP contribution in [0.2, 0.25) is 0 Å². The van der Waals surface area contributed by atoms with Crippen molar-refractivity contribution >= 4 is 12.0 Å². The van der Waals surface area contributed by atoms with E-state index >= 15 is 0 Å². The van der Waals surface area contributed by atoms with Gasteiger partial charge in [0.25, 0.3) is 0 Å². The van der Waals surface area contributed by atoms with Crippen LogP contribution in [-0.4, -0.2) is 72.1 Å². The number of hydrogen-bond donors (Lipinski definition) is 0. The fourth-order valence-electron chi connectivity index (χ4n) is 6.18. The minimum Gasteiger partial charge on any atom is -0.497 e. The van der Waals surface area contributed by atoms with Gasteiger partial charge in [-0.15, -0.1) is 0 Å². The highest BCUT2D eigenvalue weighted by molar-refractivity contribution is 5.79. The molecule has 0 atom stereocenters. The van der Waals surface area contributed by atoms with Crippen LogP contribution in [0.1, 0.15) is 64.0 Å². The fraction of sp³-hybridized carbons (Fsp3) is 0.548. The molecule has 1 heterocycles. The minimum absolute atomic E-state index is 0.00133. The smallest absolute Gasteiger partial charge is 0.320 e. The molecule has 0 unspecified atom stereocenters. The molecular formula is C31H43N3O4. The lowest BCUT2D eigenvalue weighted by Gasteiger charge is -2.51. The highest BCUT2D eigenvalue weighted by Crippen LogP contribution is 2.49. The van der Waals surface area contributed by atoms with E-state index in [1.165, 1.54) is 5.56 Å². The average molecular weight is 522 g/mol. The Kier molecular flexibility index (Phi) is 8.07. The summed E-state index contributed by atoms with van der Waals surface area (Å²) in [6.07, 6.45) is 3.82. The van der Waals surface area contributed by atoms with E-state index in [4.69, 9.17) is 9.47 Å². The molecule has 7 nitrogen and oxygen atoms in total. The second-order valence-corrected chi connectivity index (χ2v) is 12.0. The molecule has 1 aliphatic carbocycles. The van der Waals surface area contributed by atoms with E-state index < -0.39 is 5.60 Å². The number of ether oxygens (including phenoxy) is 2. The lowest BCUT2D eigenvalue weighted by atomic mass is 9.68. The molecule has 2 aromatic carbocycles. The van der Waals surface area contributed by atoms with Crippen molar-refractivity contribution < 1.29 is 19.1 Å². The van der Waals surface area contributed by atoms with E-state index in [-0.39, 0.29) is 29.5 Å². The molecule has 2 amide bonds. The van der Waals surface area contributed by atoms with Gasteiger partial charge in [0.2, 0.25) is 0 Å². The summed E-state index contributed by atoms with van der Waals surface area (Å²) >= 11 is 0. The van der Waals surface area contributed by atoms with Crippen LogP contribution in [0, 0.1) is 0 Å². The number of esters is 1. The first kappa shape index (κ1) is 28.0. The third kappa shape index (κ3) is 5.83.